The van der Waals surface area contributed by atoms with E-state index in [1.54, 1.807) is 0 Å². The Balaban J connectivity index is 2.04. The highest BCUT2D eigenvalue weighted by Crippen LogP contribution is 2.25. The number of rotatable bonds is 3. The van der Waals surface area contributed by atoms with E-state index in [4.69, 9.17) is 17.3 Å². The van der Waals surface area contributed by atoms with Gasteiger partial charge >= 0.3 is 0 Å². The Kier molecular flexibility index (Phi) is 3.94. The molecule has 3 N–H and O–H groups in total. The van der Waals surface area contributed by atoms with E-state index in [2.05, 4.69) is 30.9 Å². The molecular formula is C15H12BrClN4. The Morgan fingerprint density at radius 1 is 1.29 bits per heavy atom. The SMILES string of the molecule is NC(CCl)=Nc1cccc(-c2nc3ccc(Br)cc3[nH]2)c1. The van der Waals surface area contributed by atoms with E-state index in [1.807, 2.05) is 42.5 Å². The van der Waals surface area contributed by atoms with Gasteiger partial charge in [0.2, 0.25) is 0 Å². The number of alkyl halides is 1. The quantitative estimate of drug-likeness (QED) is 0.415. The normalized spacial score (nSPS) is 12.0. The molecule has 0 saturated heterocycles. The molecule has 21 heavy (non-hydrogen) atoms. The van der Waals surface area contributed by atoms with Crippen molar-refractivity contribution < 1.29 is 0 Å². The summed E-state index contributed by atoms with van der Waals surface area (Å²) < 4.78 is 1.01. The molecule has 0 atom stereocenters. The molecule has 1 heterocycles. The first-order valence-corrected chi connectivity index (χ1v) is 7.63. The monoisotopic (exact) mass is 362 g/mol. The zero-order valence-corrected chi connectivity index (χ0v) is 13.3. The molecule has 0 fully saturated rings. The number of aromatic amines is 1. The molecule has 4 nitrogen and oxygen atoms in total. The molecule has 0 aliphatic heterocycles. The predicted molar refractivity (Wildman–Crippen MR) is 91.2 cm³/mol. The summed E-state index contributed by atoms with van der Waals surface area (Å²) >= 11 is 9.10. The number of hydrogen-bond donors (Lipinski definition) is 2. The van der Waals surface area contributed by atoms with Crippen molar-refractivity contribution >= 4 is 50.1 Å². The number of aromatic nitrogens is 2. The molecule has 0 saturated carbocycles. The van der Waals surface area contributed by atoms with Gasteiger partial charge in [0.05, 0.1) is 22.6 Å². The number of benzene rings is 2. The number of nitrogens with one attached hydrogen (secondary N) is 1. The predicted octanol–water partition coefficient (Wildman–Crippen LogP) is 4.22. The van der Waals surface area contributed by atoms with Crippen molar-refractivity contribution in [1.29, 1.82) is 0 Å². The molecule has 2 aromatic carbocycles. The lowest BCUT2D eigenvalue weighted by Gasteiger charge is -2.00. The van der Waals surface area contributed by atoms with E-state index in [9.17, 15) is 0 Å². The molecule has 0 spiro atoms. The molecule has 0 amide bonds. The maximum atomic E-state index is 5.66. The second-order valence-corrected chi connectivity index (χ2v) is 5.72. The highest BCUT2D eigenvalue weighted by atomic mass is 79.9. The van der Waals surface area contributed by atoms with E-state index >= 15 is 0 Å². The summed E-state index contributed by atoms with van der Waals surface area (Å²) in [5.41, 5.74) is 9.27. The molecule has 1 aromatic heterocycles. The number of halogens is 2. The zero-order chi connectivity index (χ0) is 14.8. The fraction of sp³-hybridized carbons (Fsp3) is 0.0667. The molecule has 0 aliphatic carbocycles. The minimum atomic E-state index is 0.211. The summed E-state index contributed by atoms with van der Waals surface area (Å²) in [7, 11) is 0. The highest BCUT2D eigenvalue weighted by molar-refractivity contribution is 9.10. The van der Waals surface area contributed by atoms with Gasteiger partial charge in [-0.2, -0.15) is 0 Å². The van der Waals surface area contributed by atoms with Crippen molar-refractivity contribution in [3.05, 3.63) is 46.9 Å². The number of H-pyrrole nitrogens is 1. The third kappa shape index (κ3) is 3.09. The van der Waals surface area contributed by atoms with Crippen LogP contribution in [-0.2, 0) is 0 Å². The van der Waals surface area contributed by atoms with Crippen LogP contribution in [0.1, 0.15) is 0 Å². The molecule has 106 valence electrons. The Bertz CT molecular complexity index is 825. The third-order valence-electron chi connectivity index (χ3n) is 2.97. The van der Waals surface area contributed by atoms with E-state index < -0.39 is 0 Å². The number of imidazole rings is 1. The van der Waals surface area contributed by atoms with Crippen LogP contribution < -0.4 is 5.73 Å². The Morgan fingerprint density at radius 2 is 2.14 bits per heavy atom. The number of fused-ring (bicyclic) bond motifs is 1. The van der Waals surface area contributed by atoms with Gasteiger partial charge < -0.3 is 10.7 Å². The van der Waals surface area contributed by atoms with Crippen LogP contribution >= 0.6 is 27.5 Å². The van der Waals surface area contributed by atoms with Crippen LogP contribution in [-0.4, -0.2) is 21.7 Å². The summed E-state index contributed by atoms with van der Waals surface area (Å²) in [6, 6.07) is 13.6. The fourth-order valence-electron chi connectivity index (χ4n) is 2.04. The molecule has 0 bridgehead atoms. The first kappa shape index (κ1) is 14.1. The molecule has 0 radical (unpaired) electrons. The van der Waals surface area contributed by atoms with Crippen LogP contribution in [0.15, 0.2) is 51.9 Å². The van der Waals surface area contributed by atoms with E-state index in [0.29, 0.717) is 5.84 Å². The first-order valence-electron chi connectivity index (χ1n) is 6.30. The number of aliphatic imine (C=N–C) groups is 1. The Labute approximate surface area is 135 Å². The summed E-state index contributed by atoms with van der Waals surface area (Å²) in [4.78, 5) is 12.1. The largest absolute Gasteiger partial charge is 0.386 e. The van der Waals surface area contributed by atoms with Crippen molar-refractivity contribution in [1.82, 2.24) is 9.97 Å². The molecule has 3 rings (SSSR count). The fourth-order valence-corrected chi connectivity index (χ4v) is 2.46. The second kappa shape index (κ2) is 5.87. The van der Waals surface area contributed by atoms with Crippen LogP contribution in [0.5, 0.6) is 0 Å². The van der Waals surface area contributed by atoms with Crippen molar-refractivity contribution in [2.45, 2.75) is 0 Å². The van der Waals surface area contributed by atoms with Crippen LogP contribution in [0.3, 0.4) is 0 Å². The van der Waals surface area contributed by atoms with Crippen LogP contribution in [0.4, 0.5) is 5.69 Å². The van der Waals surface area contributed by atoms with Gasteiger partial charge in [-0.3, -0.25) is 0 Å². The summed E-state index contributed by atoms with van der Waals surface area (Å²) in [5.74, 6) is 1.40. The van der Waals surface area contributed by atoms with Crippen LogP contribution in [0, 0.1) is 0 Å². The van der Waals surface area contributed by atoms with Gasteiger partial charge in [0.25, 0.3) is 0 Å². The van der Waals surface area contributed by atoms with Gasteiger partial charge in [-0.15, -0.1) is 11.6 Å². The lowest BCUT2D eigenvalue weighted by Crippen LogP contribution is -2.12. The standard InChI is InChI=1S/C15H12BrClN4/c16-10-4-5-12-13(7-10)21-15(20-12)9-2-1-3-11(6-9)19-14(18)8-17/h1-7H,8H2,(H2,18,19)(H,20,21). The average Bonchev–Trinajstić information content (AvgIpc) is 2.90. The van der Waals surface area contributed by atoms with Crippen LogP contribution in [0.25, 0.3) is 22.4 Å². The first-order chi connectivity index (χ1) is 10.2. The highest BCUT2D eigenvalue weighted by Gasteiger charge is 2.06. The van der Waals surface area contributed by atoms with Crippen molar-refractivity contribution in [2.24, 2.45) is 10.7 Å². The van der Waals surface area contributed by atoms with Gasteiger partial charge in [-0.1, -0.05) is 28.1 Å². The smallest absolute Gasteiger partial charge is 0.138 e. The summed E-state index contributed by atoms with van der Waals surface area (Å²) in [5, 5.41) is 0. The van der Waals surface area contributed by atoms with Gasteiger partial charge in [0.15, 0.2) is 0 Å². The third-order valence-corrected chi connectivity index (χ3v) is 3.74. The van der Waals surface area contributed by atoms with E-state index in [0.717, 1.165) is 32.6 Å². The average molecular weight is 364 g/mol. The molecule has 0 unspecified atom stereocenters. The minimum absolute atomic E-state index is 0.211. The number of nitrogens with zero attached hydrogens (tertiary/aromatic N) is 2. The maximum Gasteiger partial charge on any atom is 0.138 e. The van der Waals surface area contributed by atoms with Gasteiger partial charge in [0, 0.05) is 10.0 Å². The van der Waals surface area contributed by atoms with Crippen LogP contribution in [0.2, 0.25) is 0 Å². The van der Waals surface area contributed by atoms with Crippen molar-refractivity contribution in [2.75, 3.05) is 5.88 Å². The van der Waals surface area contributed by atoms with E-state index in [1.165, 1.54) is 0 Å². The lowest BCUT2D eigenvalue weighted by molar-refractivity contribution is 1.33. The zero-order valence-electron chi connectivity index (χ0n) is 11.0. The Hall–Kier alpha value is -1.85. The topological polar surface area (TPSA) is 67.1 Å². The summed E-state index contributed by atoms with van der Waals surface area (Å²) in [6.45, 7) is 0. The Morgan fingerprint density at radius 3 is 2.95 bits per heavy atom. The lowest BCUT2D eigenvalue weighted by atomic mass is 10.2. The molecular weight excluding hydrogens is 352 g/mol. The number of amidine groups is 1. The molecule has 6 heteroatoms. The van der Waals surface area contributed by atoms with Crippen molar-refractivity contribution in [3.8, 4) is 11.4 Å². The number of nitrogens with two attached hydrogens (primary N) is 1. The minimum Gasteiger partial charge on any atom is -0.386 e. The van der Waals surface area contributed by atoms with Gasteiger partial charge in [0.1, 0.15) is 11.7 Å². The van der Waals surface area contributed by atoms with Crippen molar-refractivity contribution in [3.63, 3.8) is 0 Å². The summed E-state index contributed by atoms with van der Waals surface area (Å²) in [6.07, 6.45) is 0. The molecule has 3 aromatic rings. The van der Waals surface area contributed by atoms with E-state index in [-0.39, 0.29) is 5.88 Å². The molecule has 0 aliphatic rings. The maximum absolute atomic E-state index is 5.66. The van der Waals surface area contributed by atoms with Gasteiger partial charge in [-0.05, 0) is 30.3 Å². The van der Waals surface area contributed by atoms with Gasteiger partial charge in [-0.25, -0.2) is 9.98 Å². The number of hydrogen-bond acceptors (Lipinski definition) is 2. The second-order valence-electron chi connectivity index (χ2n) is 4.53.